The molecule has 1 saturated heterocycles. The van der Waals surface area contributed by atoms with Gasteiger partial charge in [0.2, 0.25) is 11.8 Å². The fourth-order valence-corrected chi connectivity index (χ4v) is 3.55. The minimum Gasteiger partial charge on any atom is -0.497 e. The Hall–Kier alpha value is -2.86. The quantitative estimate of drug-likeness (QED) is 0.690. The van der Waals surface area contributed by atoms with Crippen LogP contribution in [0.2, 0.25) is 0 Å². The third-order valence-electron chi connectivity index (χ3n) is 5.41. The van der Waals surface area contributed by atoms with Gasteiger partial charge in [0.25, 0.3) is 0 Å². The average molecular weight is 411 g/mol. The molecule has 0 bridgehead atoms. The maximum atomic E-state index is 13.1. The van der Waals surface area contributed by atoms with Crippen LogP contribution in [0.4, 0.5) is 0 Å². The van der Waals surface area contributed by atoms with E-state index >= 15 is 0 Å². The second kappa shape index (κ2) is 10.8. The summed E-state index contributed by atoms with van der Waals surface area (Å²) in [5.41, 5.74) is 1.87. The molecule has 0 spiro atoms. The maximum Gasteiger partial charge on any atom is 0.242 e. The second-order valence-electron chi connectivity index (χ2n) is 7.59. The number of carbonyl (C=O) groups is 2. The van der Waals surface area contributed by atoms with Crippen LogP contribution in [0.3, 0.4) is 0 Å². The summed E-state index contributed by atoms with van der Waals surface area (Å²) in [5, 5.41) is 2.95. The first kappa shape index (κ1) is 21.8. The van der Waals surface area contributed by atoms with Crippen LogP contribution in [-0.2, 0) is 27.3 Å². The molecule has 2 amide bonds. The van der Waals surface area contributed by atoms with Gasteiger partial charge >= 0.3 is 0 Å². The molecule has 2 aromatic carbocycles. The monoisotopic (exact) mass is 410 g/mol. The van der Waals surface area contributed by atoms with Gasteiger partial charge < -0.3 is 19.7 Å². The Morgan fingerprint density at radius 2 is 1.87 bits per heavy atom. The summed E-state index contributed by atoms with van der Waals surface area (Å²) in [6.45, 7) is 3.35. The summed E-state index contributed by atoms with van der Waals surface area (Å²) in [6, 6.07) is 16.5. The number of nitrogens with zero attached hydrogens (tertiary/aromatic N) is 1. The van der Waals surface area contributed by atoms with E-state index < -0.39 is 6.04 Å². The number of hydrogen-bond acceptors (Lipinski definition) is 4. The van der Waals surface area contributed by atoms with Gasteiger partial charge in [-0.1, -0.05) is 42.5 Å². The Morgan fingerprint density at radius 1 is 1.13 bits per heavy atom. The predicted octanol–water partition coefficient (Wildman–Crippen LogP) is 2.95. The molecule has 1 heterocycles. The molecule has 30 heavy (non-hydrogen) atoms. The molecule has 0 saturated carbocycles. The van der Waals surface area contributed by atoms with Crippen molar-refractivity contribution in [3.63, 3.8) is 0 Å². The SMILES string of the molecule is COc1ccc(CN(C(=O)Cc2ccccc2)[C@H](C)C(=O)NC[C@@H]2CCCO2)cc1. The first-order valence-electron chi connectivity index (χ1n) is 10.4. The summed E-state index contributed by atoms with van der Waals surface area (Å²) in [5.74, 6) is 0.500. The smallest absolute Gasteiger partial charge is 0.242 e. The third kappa shape index (κ3) is 6.07. The van der Waals surface area contributed by atoms with E-state index in [1.165, 1.54) is 0 Å². The fraction of sp³-hybridized carbons (Fsp3) is 0.417. The second-order valence-corrected chi connectivity index (χ2v) is 7.59. The van der Waals surface area contributed by atoms with E-state index in [9.17, 15) is 9.59 Å². The van der Waals surface area contributed by atoms with E-state index in [0.29, 0.717) is 13.1 Å². The topological polar surface area (TPSA) is 67.9 Å². The zero-order valence-corrected chi connectivity index (χ0v) is 17.7. The molecule has 1 aliphatic rings. The summed E-state index contributed by atoms with van der Waals surface area (Å²) in [6.07, 6.45) is 2.29. The van der Waals surface area contributed by atoms with Crippen molar-refractivity contribution in [2.75, 3.05) is 20.3 Å². The molecule has 2 atom stereocenters. The Balaban J connectivity index is 1.70. The number of nitrogens with one attached hydrogen (secondary N) is 1. The Morgan fingerprint density at radius 3 is 2.50 bits per heavy atom. The predicted molar refractivity (Wildman–Crippen MR) is 115 cm³/mol. The van der Waals surface area contributed by atoms with Crippen molar-refractivity contribution >= 4 is 11.8 Å². The summed E-state index contributed by atoms with van der Waals surface area (Å²) < 4.78 is 10.8. The minimum atomic E-state index is -0.593. The highest BCUT2D eigenvalue weighted by atomic mass is 16.5. The molecule has 6 heteroatoms. The van der Waals surface area contributed by atoms with Gasteiger partial charge in [-0.25, -0.2) is 0 Å². The van der Waals surface area contributed by atoms with Crippen LogP contribution < -0.4 is 10.1 Å². The number of methoxy groups -OCH3 is 1. The molecular formula is C24H30N2O4. The van der Waals surface area contributed by atoms with Crippen molar-refractivity contribution in [3.05, 3.63) is 65.7 Å². The molecule has 1 aliphatic heterocycles. The highest BCUT2D eigenvalue weighted by Crippen LogP contribution is 2.16. The summed E-state index contributed by atoms with van der Waals surface area (Å²) >= 11 is 0. The van der Waals surface area contributed by atoms with Gasteiger partial charge in [-0.3, -0.25) is 9.59 Å². The van der Waals surface area contributed by atoms with Crippen molar-refractivity contribution in [3.8, 4) is 5.75 Å². The summed E-state index contributed by atoms with van der Waals surface area (Å²) in [4.78, 5) is 27.6. The van der Waals surface area contributed by atoms with Crippen LogP contribution in [0.5, 0.6) is 5.75 Å². The number of amides is 2. The zero-order chi connectivity index (χ0) is 21.3. The van der Waals surface area contributed by atoms with E-state index in [1.807, 2.05) is 54.6 Å². The van der Waals surface area contributed by atoms with Crippen LogP contribution in [-0.4, -0.2) is 49.1 Å². The van der Waals surface area contributed by atoms with E-state index in [4.69, 9.17) is 9.47 Å². The van der Waals surface area contributed by atoms with E-state index in [-0.39, 0.29) is 24.3 Å². The molecule has 2 aromatic rings. The molecule has 160 valence electrons. The molecule has 0 aliphatic carbocycles. The van der Waals surface area contributed by atoms with Crippen molar-refractivity contribution in [2.24, 2.45) is 0 Å². The molecule has 0 radical (unpaired) electrons. The molecule has 1 N–H and O–H groups in total. The molecular weight excluding hydrogens is 380 g/mol. The normalized spacial score (nSPS) is 16.7. The van der Waals surface area contributed by atoms with Gasteiger partial charge in [-0.05, 0) is 43.0 Å². The van der Waals surface area contributed by atoms with Crippen LogP contribution in [0, 0.1) is 0 Å². The number of carbonyl (C=O) groups excluding carboxylic acids is 2. The number of benzene rings is 2. The first-order chi connectivity index (χ1) is 14.6. The first-order valence-corrected chi connectivity index (χ1v) is 10.4. The number of rotatable bonds is 9. The van der Waals surface area contributed by atoms with E-state index in [2.05, 4.69) is 5.32 Å². The molecule has 0 unspecified atom stereocenters. The minimum absolute atomic E-state index is 0.0659. The highest BCUT2D eigenvalue weighted by Gasteiger charge is 2.27. The van der Waals surface area contributed by atoms with Gasteiger partial charge in [0, 0.05) is 19.7 Å². The Labute approximate surface area is 178 Å². The van der Waals surface area contributed by atoms with Crippen molar-refractivity contribution in [1.29, 1.82) is 0 Å². The molecule has 6 nitrogen and oxygen atoms in total. The average Bonchev–Trinajstić information content (AvgIpc) is 3.30. The van der Waals surface area contributed by atoms with Gasteiger partial charge in [-0.2, -0.15) is 0 Å². The van der Waals surface area contributed by atoms with E-state index in [0.717, 1.165) is 36.3 Å². The largest absolute Gasteiger partial charge is 0.497 e. The highest BCUT2D eigenvalue weighted by molar-refractivity contribution is 5.88. The van der Waals surface area contributed by atoms with Gasteiger partial charge in [-0.15, -0.1) is 0 Å². The van der Waals surface area contributed by atoms with Crippen molar-refractivity contribution in [2.45, 2.75) is 44.9 Å². The lowest BCUT2D eigenvalue weighted by Gasteiger charge is -2.29. The van der Waals surface area contributed by atoms with Gasteiger partial charge in [0.15, 0.2) is 0 Å². The molecule has 1 fully saturated rings. The lowest BCUT2D eigenvalue weighted by molar-refractivity contribution is -0.140. The zero-order valence-electron chi connectivity index (χ0n) is 17.7. The number of hydrogen-bond donors (Lipinski definition) is 1. The third-order valence-corrected chi connectivity index (χ3v) is 5.41. The standard InChI is InChI=1S/C24H30N2O4/c1-18(24(28)25-16-22-9-6-14-30-22)26(17-20-10-12-21(29-2)13-11-20)23(27)15-19-7-4-3-5-8-19/h3-5,7-8,10-13,18,22H,6,9,14-17H2,1-2H3,(H,25,28)/t18-,22+/m1/s1. The molecule has 3 rings (SSSR count). The van der Waals surface area contributed by atoms with Gasteiger partial charge in [0.1, 0.15) is 11.8 Å². The fourth-order valence-electron chi connectivity index (χ4n) is 3.55. The maximum absolute atomic E-state index is 13.1. The van der Waals surface area contributed by atoms with Crippen molar-refractivity contribution in [1.82, 2.24) is 10.2 Å². The lowest BCUT2D eigenvalue weighted by Crippen LogP contribution is -2.49. The van der Waals surface area contributed by atoms with Crippen molar-refractivity contribution < 1.29 is 19.1 Å². The van der Waals surface area contributed by atoms with E-state index in [1.54, 1.807) is 18.9 Å². The van der Waals surface area contributed by atoms with Crippen LogP contribution >= 0.6 is 0 Å². The van der Waals surface area contributed by atoms with Crippen LogP contribution in [0.25, 0.3) is 0 Å². The lowest BCUT2D eigenvalue weighted by atomic mass is 10.1. The van der Waals surface area contributed by atoms with Crippen LogP contribution in [0.15, 0.2) is 54.6 Å². The Kier molecular flexibility index (Phi) is 7.85. The van der Waals surface area contributed by atoms with Crippen LogP contribution in [0.1, 0.15) is 30.9 Å². The summed E-state index contributed by atoms with van der Waals surface area (Å²) in [7, 11) is 1.62. The van der Waals surface area contributed by atoms with Gasteiger partial charge in [0.05, 0.1) is 19.6 Å². The number of ether oxygens (including phenoxy) is 2. The Bertz CT molecular complexity index is 817. The molecule has 0 aromatic heterocycles.